The van der Waals surface area contributed by atoms with E-state index in [-0.39, 0.29) is 11.1 Å². The Labute approximate surface area is 195 Å². The van der Waals surface area contributed by atoms with E-state index in [1.165, 1.54) is 4.57 Å². The molecule has 0 aliphatic carbocycles. The van der Waals surface area contributed by atoms with Gasteiger partial charge in [0, 0.05) is 0 Å². The van der Waals surface area contributed by atoms with Crippen LogP contribution in [0.15, 0.2) is 83.7 Å². The standard InChI is InChI=1S/C27H19N3O2S/c1-19-7-5-6-10-24(19)30-26(31)25(33-27(30)22(16-28)17-29)15-20-11-13-23(14-12-20)32-18-21-8-3-2-4-9-21/h2-15H,18H2,1H3/b25-15+. The summed E-state index contributed by atoms with van der Waals surface area (Å²) in [6, 6.07) is 28.6. The summed E-state index contributed by atoms with van der Waals surface area (Å²) in [6.45, 7) is 2.36. The number of thiazole rings is 1. The van der Waals surface area contributed by atoms with Crippen molar-refractivity contribution in [3.63, 3.8) is 0 Å². The van der Waals surface area contributed by atoms with Crippen LogP contribution >= 0.6 is 11.3 Å². The largest absolute Gasteiger partial charge is 0.489 e. The van der Waals surface area contributed by atoms with E-state index < -0.39 is 0 Å². The second-order valence-corrected chi connectivity index (χ2v) is 8.32. The Morgan fingerprint density at radius 1 is 0.970 bits per heavy atom. The molecule has 3 aromatic carbocycles. The van der Waals surface area contributed by atoms with Crippen molar-refractivity contribution in [3.05, 3.63) is 115 Å². The molecule has 4 rings (SSSR count). The van der Waals surface area contributed by atoms with Crippen LogP contribution in [-0.2, 0) is 6.61 Å². The quantitative estimate of drug-likeness (QED) is 0.464. The molecule has 5 nitrogen and oxygen atoms in total. The number of rotatable bonds is 5. The number of aromatic nitrogens is 1. The highest BCUT2D eigenvalue weighted by Gasteiger charge is 2.12. The van der Waals surface area contributed by atoms with Crippen molar-refractivity contribution in [1.29, 1.82) is 10.5 Å². The van der Waals surface area contributed by atoms with Crippen LogP contribution in [-0.4, -0.2) is 4.57 Å². The summed E-state index contributed by atoms with van der Waals surface area (Å²) in [4.78, 5) is 13.3. The monoisotopic (exact) mass is 449 g/mol. The van der Waals surface area contributed by atoms with E-state index in [0.717, 1.165) is 33.8 Å². The Morgan fingerprint density at radius 2 is 1.64 bits per heavy atom. The third-order valence-electron chi connectivity index (χ3n) is 5.04. The molecule has 0 aliphatic heterocycles. The topological polar surface area (TPSA) is 78.8 Å². The molecule has 1 aromatic heterocycles. The summed E-state index contributed by atoms with van der Waals surface area (Å²) >= 11 is 1.14. The zero-order valence-electron chi connectivity index (χ0n) is 17.9. The molecule has 33 heavy (non-hydrogen) atoms. The zero-order chi connectivity index (χ0) is 23.2. The molecule has 0 bridgehead atoms. The highest BCUT2D eigenvalue weighted by atomic mass is 32.1. The van der Waals surface area contributed by atoms with Crippen molar-refractivity contribution >= 4 is 23.0 Å². The second kappa shape index (κ2) is 9.82. The van der Waals surface area contributed by atoms with Gasteiger partial charge in [0.05, 0.1) is 10.2 Å². The van der Waals surface area contributed by atoms with Crippen LogP contribution in [0.3, 0.4) is 0 Å². The SMILES string of the molecule is Cc1ccccc1-n1c(=C(C#N)C#N)s/c(=C/c2ccc(OCc3ccccc3)cc2)c1=O. The molecule has 6 heteroatoms. The summed E-state index contributed by atoms with van der Waals surface area (Å²) in [5, 5.41) is 18.9. The van der Waals surface area contributed by atoms with Crippen molar-refractivity contribution in [2.24, 2.45) is 0 Å². The molecule has 0 unspecified atom stereocenters. The second-order valence-electron chi connectivity index (χ2n) is 7.28. The molecule has 160 valence electrons. The van der Waals surface area contributed by atoms with Gasteiger partial charge in [-0.25, -0.2) is 0 Å². The lowest BCUT2D eigenvalue weighted by molar-refractivity contribution is 0.306. The van der Waals surface area contributed by atoms with Crippen molar-refractivity contribution in [2.45, 2.75) is 13.5 Å². The molecular formula is C27H19N3O2S. The minimum Gasteiger partial charge on any atom is -0.489 e. The molecule has 4 aromatic rings. The van der Waals surface area contributed by atoms with Gasteiger partial charge in [0.25, 0.3) is 5.56 Å². The van der Waals surface area contributed by atoms with Gasteiger partial charge in [-0.3, -0.25) is 9.36 Å². The molecule has 0 amide bonds. The van der Waals surface area contributed by atoms with Crippen molar-refractivity contribution in [2.75, 3.05) is 0 Å². The average molecular weight is 450 g/mol. The predicted molar refractivity (Wildman–Crippen MR) is 129 cm³/mol. The van der Waals surface area contributed by atoms with Gasteiger partial charge in [-0.05, 0) is 47.9 Å². The van der Waals surface area contributed by atoms with Gasteiger partial charge in [0.15, 0.2) is 5.57 Å². The molecule has 0 fully saturated rings. The summed E-state index contributed by atoms with van der Waals surface area (Å²) < 4.78 is 8.04. The minimum absolute atomic E-state index is 0.0929. The number of para-hydroxylation sites is 1. The first-order chi connectivity index (χ1) is 16.1. The van der Waals surface area contributed by atoms with Gasteiger partial charge in [-0.15, -0.1) is 11.3 Å². The van der Waals surface area contributed by atoms with Gasteiger partial charge in [0.2, 0.25) is 0 Å². The summed E-state index contributed by atoms with van der Waals surface area (Å²) in [6.07, 6.45) is 1.76. The zero-order valence-corrected chi connectivity index (χ0v) is 18.7. The molecule has 0 saturated heterocycles. The highest BCUT2D eigenvalue weighted by molar-refractivity contribution is 7.07. The lowest BCUT2D eigenvalue weighted by Gasteiger charge is -2.06. The fourth-order valence-electron chi connectivity index (χ4n) is 3.36. The summed E-state index contributed by atoms with van der Waals surface area (Å²) in [5.74, 6) is 0.727. The number of nitriles is 2. The minimum atomic E-state index is -0.267. The van der Waals surface area contributed by atoms with E-state index >= 15 is 0 Å². The molecule has 0 N–H and O–H groups in total. The number of hydrogen-bond donors (Lipinski definition) is 0. The van der Waals surface area contributed by atoms with Gasteiger partial charge in [-0.1, -0.05) is 60.7 Å². The molecule has 1 heterocycles. The van der Waals surface area contributed by atoms with Gasteiger partial charge < -0.3 is 4.74 Å². The number of aryl methyl sites for hydroxylation is 1. The van der Waals surface area contributed by atoms with E-state index in [0.29, 0.717) is 21.5 Å². The van der Waals surface area contributed by atoms with E-state index in [2.05, 4.69) is 0 Å². The van der Waals surface area contributed by atoms with Crippen LogP contribution in [0, 0.1) is 29.6 Å². The average Bonchev–Trinajstić information content (AvgIpc) is 3.16. The maximum Gasteiger partial charge on any atom is 0.273 e. The Kier molecular flexibility index (Phi) is 6.50. The van der Waals surface area contributed by atoms with Crippen LogP contribution in [0.25, 0.3) is 17.3 Å². The van der Waals surface area contributed by atoms with Crippen LogP contribution in [0.1, 0.15) is 16.7 Å². The van der Waals surface area contributed by atoms with E-state index in [4.69, 9.17) is 4.74 Å². The highest BCUT2D eigenvalue weighted by Crippen LogP contribution is 2.15. The van der Waals surface area contributed by atoms with E-state index in [1.54, 1.807) is 6.08 Å². The van der Waals surface area contributed by atoms with Crippen LogP contribution in [0.4, 0.5) is 0 Å². The number of benzene rings is 3. The predicted octanol–water partition coefficient (Wildman–Crippen LogP) is 3.81. The number of hydrogen-bond acceptors (Lipinski definition) is 5. The molecular weight excluding hydrogens is 430 g/mol. The summed E-state index contributed by atoms with van der Waals surface area (Å²) in [5.41, 5.74) is 3.07. The summed E-state index contributed by atoms with van der Waals surface area (Å²) in [7, 11) is 0. The third-order valence-corrected chi connectivity index (χ3v) is 6.14. The first-order valence-corrected chi connectivity index (χ1v) is 11.0. The fraction of sp³-hybridized carbons (Fsp3) is 0.0741. The van der Waals surface area contributed by atoms with Gasteiger partial charge >= 0.3 is 0 Å². The lowest BCUT2D eigenvalue weighted by atomic mass is 10.2. The van der Waals surface area contributed by atoms with Crippen LogP contribution < -0.4 is 19.5 Å². The Balaban J connectivity index is 1.73. The maximum atomic E-state index is 13.3. The first-order valence-electron chi connectivity index (χ1n) is 10.2. The third kappa shape index (κ3) is 4.77. The lowest BCUT2D eigenvalue weighted by Crippen LogP contribution is -2.31. The molecule has 0 aliphatic rings. The maximum absolute atomic E-state index is 13.3. The Morgan fingerprint density at radius 3 is 2.30 bits per heavy atom. The first kappa shape index (κ1) is 21.8. The molecule has 0 saturated carbocycles. The normalized spacial score (nSPS) is 10.9. The molecule has 0 radical (unpaired) electrons. The van der Waals surface area contributed by atoms with Crippen LogP contribution in [0.5, 0.6) is 5.75 Å². The number of ether oxygens (including phenoxy) is 1. The number of nitrogens with zero attached hydrogens (tertiary/aromatic N) is 3. The molecule has 0 spiro atoms. The van der Waals surface area contributed by atoms with Crippen molar-refractivity contribution in [3.8, 4) is 23.6 Å². The van der Waals surface area contributed by atoms with Crippen molar-refractivity contribution < 1.29 is 4.74 Å². The Bertz CT molecular complexity index is 1540. The molecule has 0 atom stereocenters. The Hall–Kier alpha value is -4.39. The van der Waals surface area contributed by atoms with Crippen LogP contribution in [0.2, 0.25) is 0 Å². The fourth-order valence-corrected chi connectivity index (χ4v) is 4.40. The van der Waals surface area contributed by atoms with Gasteiger partial charge in [-0.2, -0.15) is 10.5 Å². The van der Waals surface area contributed by atoms with E-state index in [9.17, 15) is 15.3 Å². The smallest absolute Gasteiger partial charge is 0.273 e. The van der Waals surface area contributed by atoms with Gasteiger partial charge in [0.1, 0.15) is 29.2 Å². The van der Waals surface area contributed by atoms with E-state index in [1.807, 2.05) is 97.9 Å². The van der Waals surface area contributed by atoms with Crippen molar-refractivity contribution in [1.82, 2.24) is 4.57 Å².